The number of carbonyl (C=O) groups excluding carboxylic acids is 1. The highest BCUT2D eigenvalue weighted by Crippen LogP contribution is 2.17. The van der Waals surface area contributed by atoms with Crippen LogP contribution in [0.25, 0.3) is 0 Å². The summed E-state index contributed by atoms with van der Waals surface area (Å²) >= 11 is 0. The molecule has 3 heteroatoms. The van der Waals surface area contributed by atoms with Gasteiger partial charge >= 0.3 is 0 Å². The van der Waals surface area contributed by atoms with Crippen LogP contribution in [0.5, 0.6) is 0 Å². The Morgan fingerprint density at radius 3 is 2.73 bits per heavy atom. The molecule has 1 aliphatic rings. The van der Waals surface area contributed by atoms with Gasteiger partial charge in [0.15, 0.2) is 0 Å². The number of hydrogen-bond acceptors (Lipinski definition) is 2. The molecule has 0 saturated carbocycles. The number of amides is 1. The van der Waals surface area contributed by atoms with E-state index in [1.807, 2.05) is 6.92 Å². The summed E-state index contributed by atoms with van der Waals surface area (Å²) in [5, 5.41) is 9.19. The maximum absolute atomic E-state index is 11.2. The molecule has 0 bridgehead atoms. The van der Waals surface area contributed by atoms with Crippen LogP contribution in [0, 0.1) is 0 Å². The van der Waals surface area contributed by atoms with E-state index in [-0.39, 0.29) is 5.91 Å². The van der Waals surface area contributed by atoms with Crippen LogP contribution >= 0.6 is 0 Å². The topological polar surface area (TPSA) is 40.5 Å². The first-order valence-electron chi connectivity index (χ1n) is 3.82. The lowest BCUT2D eigenvalue weighted by Gasteiger charge is -2.13. The monoisotopic (exact) mass is 155 g/mol. The Bertz CT molecular complexity index is 198. The van der Waals surface area contributed by atoms with E-state index in [0.717, 1.165) is 18.4 Å². The summed E-state index contributed by atoms with van der Waals surface area (Å²) in [4.78, 5) is 12.5. The Hall–Kier alpha value is -0.830. The summed E-state index contributed by atoms with van der Waals surface area (Å²) in [5.74, 6) is -0.0423. The van der Waals surface area contributed by atoms with Gasteiger partial charge in [-0.05, 0) is 12.5 Å². The van der Waals surface area contributed by atoms with Crippen LogP contribution in [0.3, 0.4) is 0 Å². The van der Waals surface area contributed by atoms with Crippen LogP contribution in [0.4, 0.5) is 0 Å². The zero-order chi connectivity index (χ0) is 8.43. The van der Waals surface area contributed by atoms with E-state index in [0.29, 0.717) is 0 Å². The van der Waals surface area contributed by atoms with Crippen molar-refractivity contribution in [3.8, 4) is 0 Å². The van der Waals surface area contributed by atoms with Gasteiger partial charge in [-0.1, -0.05) is 13.3 Å². The summed E-state index contributed by atoms with van der Waals surface area (Å²) in [6, 6.07) is 0. The minimum absolute atomic E-state index is 0.0423. The van der Waals surface area contributed by atoms with Crippen molar-refractivity contribution in [3.63, 3.8) is 0 Å². The normalized spacial score (nSPS) is 24.3. The smallest absolute Gasteiger partial charge is 0.251 e. The van der Waals surface area contributed by atoms with Crippen LogP contribution in [0.1, 0.15) is 19.8 Å². The SMILES string of the molecule is CCCC1=CC(O)N(C)C1=O. The second-order valence-electron chi connectivity index (χ2n) is 2.77. The molecule has 0 aromatic heterocycles. The van der Waals surface area contributed by atoms with Crippen LogP contribution < -0.4 is 0 Å². The molecule has 1 heterocycles. The van der Waals surface area contributed by atoms with Crippen molar-refractivity contribution in [2.24, 2.45) is 0 Å². The maximum atomic E-state index is 11.2. The van der Waals surface area contributed by atoms with E-state index in [2.05, 4.69) is 0 Å². The molecule has 1 atom stereocenters. The van der Waals surface area contributed by atoms with Crippen molar-refractivity contribution in [2.75, 3.05) is 7.05 Å². The van der Waals surface area contributed by atoms with Crippen molar-refractivity contribution in [1.29, 1.82) is 0 Å². The van der Waals surface area contributed by atoms with E-state index in [9.17, 15) is 9.90 Å². The van der Waals surface area contributed by atoms with Crippen LogP contribution in [0.15, 0.2) is 11.6 Å². The molecule has 0 radical (unpaired) electrons. The van der Waals surface area contributed by atoms with E-state index in [4.69, 9.17) is 0 Å². The van der Waals surface area contributed by atoms with Gasteiger partial charge in [0.05, 0.1) is 0 Å². The van der Waals surface area contributed by atoms with Crippen molar-refractivity contribution in [1.82, 2.24) is 4.90 Å². The van der Waals surface area contributed by atoms with Gasteiger partial charge in [0, 0.05) is 12.6 Å². The molecule has 1 N–H and O–H groups in total. The number of aliphatic hydroxyl groups is 1. The highest BCUT2D eigenvalue weighted by molar-refractivity contribution is 5.95. The Kier molecular flexibility index (Phi) is 2.29. The van der Waals surface area contributed by atoms with Crippen molar-refractivity contribution in [2.45, 2.75) is 26.0 Å². The fourth-order valence-electron chi connectivity index (χ4n) is 1.17. The third kappa shape index (κ3) is 1.43. The fourth-order valence-corrected chi connectivity index (χ4v) is 1.17. The molecular formula is C8H13NO2. The molecule has 0 saturated heterocycles. The lowest BCUT2D eigenvalue weighted by molar-refractivity contribution is -0.129. The number of likely N-dealkylation sites (N-methyl/N-ethyl adjacent to an activating group) is 1. The Morgan fingerprint density at radius 2 is 2.36 bits per heavy atom. The number of carbonyl (C=O) groups is 1. The molecule has 0 aliphatic carbocycles. The van der Waals surface area contributed by atoms with Crippen molar-refractivity contribution < 1.29 is 9.90 Å². The van der Waals surface area contributed by atoms with Gasteiger partial charge in [-0.25, -0.2) is 0 Å². The molecule has 1 amide bonds. The molecule has 0 aromatic rings. The summed E-state index contributed by atoms with van der Waals surface area (Å²) in [7, 11) is 1.60. The highest BCUT2D eigenvalue weighted by atomic mass is 16.3. The average molecular weight is 155 g/mol. The predicted molar refractivity (Wildman–Crippen MR) is 41.8 cm³/mol. The fraction of sp³-hybridized carbons (Fsp3) is 0.625. The standard InChI is InChI=1S/C8H13NO2/c1-3-4-6-5-7(10)9(2)8(6)11/h5,7,10H,3-4H2,1-2H3. The van der Waals surface area contributed by atoms with Gasteiger partial charge in [0.25, 0.3) is 5.91 Å². The third-order valence-electron chi connectivity index (χ3n) is 1.86. The molecule has 3 nitrogen and oxygen atoms in total. The summed E-state index contributed by atoms with van der Waals surface area (Å²) < 4.78 is 0. The van der Waals surface area contributed by atoms with E-state index < -0.39 is 6.23 Å². The first-order chi connectivity index (χ1) is 5.16. The van der Waals surface area contributed by atoms with Crippen molar-refractivity contribution >= 4 is 5.91 Å². The first-order valence-corrected chi connectivity index (χ1v) is 3.82. The van der Waals surface area contributed by atoms with Gasteiger partial charge in [0.2, 0.25) is 0 Å². The third-order valence-corrected chi connectivity index (χ3v) is 1.86. The van der Waals surface area contributed by atoms with E-state index in [1.54, 1.807) is 13.1 Å². The second-order valence-corrected chi connectivity index (χ2v) is 2.77. The summed E-state index contributed by atoms with van der Waals surface area (Å²) in [6.45, 7) is 2.01. The molecule has 11 heavy (non-hydrogen) atoms. The zero-order valence-electron chi connectivity index (χ0n) is 6.87. The first kappa shape index (κ1) is 8.27. The average Bonchev–Trinajstić information content (AvgIpc) is 2.19. The molecule has 0 spiro atoms. The second kappa shape index (κ2) is 3.05. The zero-order valence-corrected chi connectivity index (χ0v) is 6.87. The van der Waals surface area contributed by atoms with E-state index in [1.165, 1.54) is 4.90 Å². The van der Waals surface area contributed by atoms with Crippen LogP contribution in [-0.4, -0.2) is 29.2 Å². The molecule has 0 aromatic carbocycles. The largest absolute Gasteiger partial charge is 0.370 e. The molecule has 1 rings (SSSR count). The summed E-state index contributed by atoms with van der Waals surface area (Å²) in [6.07, 6.45) is 2.62. The van der Waals surface area contributed by atoms with Crippen LogP contribution in [0.2, 0.25) is 0 Å². The lowest BCUT2D eigenvalue weighted by Crippen LogP contribution is -2.29. The molecule has 0 fully saturated rings. The number of nitrogens with zero attached hydrogens (tertiary/aromatic N) is 1. The minimum Gasteiger partial charge on any atom is -0.370 e. The maximum Gasteiger partial charge on any atom is 0.251 e. The highest BCUT2D eigenvalue weighted by Gasteiger charge is 2.26. The number of aliphatic hydroxyl groups excluding tert-OH is 1. The van der Waals surface area contributed by atoms with Gasteiger partial charge < -0.3 is 10.0 Å². The predicted octanol–water partition coefficient (Wildman–Crippen LogP) is 0.503. The van der Waals surface area contributed by atoms with Gasteiger partial charge in [0.1, 0.15) is 6.23 Å². The van der Waals surface area contributed by atoms with Crippen molar-refractivity contribution in [3.05, 3.63) is 11.6 Å². The van der Waals surface area contributed by atoms with Gasteiger partial charge in [-0.3, -0.25) is 4.79 Å². The number of hydrogen-bond donors (Lipinski definition) is 1. The van der Waals surface area contributed by atoms with Crippen LogP contribution in [-0.2, 0) is 4.79 Å². The molecule has 62 valence electrons. The Balaban J connectivity index is 2.67. The minimum atomic E-state index is -0.705. The quantitative estimate of drug-likeness (QED) is 0.631. The Morgan fingerprint density at radius 1 is 1.73 bits per heavy atom. The van der Waals surface area contributed by atoms with E-state index >= 15 is 0 Å². The van der Waals surface area contributed by atoms with Gasteiger partial charge in [-0.2, -0.15) is 0 Å². The number of rotatable bonds is 2. The van der Waals surface area contributed by atoms with Gasteiger partial charge in [-0.15, -0.1) is 0 Å². The summed E-state index contributed by atoms with van der Waals surface area (Å²) in [5.41, 5.74) is 0.738. The molecular weight excluding hydrogens is 142 g/mol. The molecule has 1 aliphatic heterocycles. The molecule has 1 unspecified atom stereocenters. The Labute approximate surface area is 66.3 Å². The lowest BCUT2D eigenvalue weighted by atomic mass is 10.1.